The van der Waals surface area contributed by atoms with Crippen LogP contribution in [0.2, 0.25) is 0 Å². The molecule has 0 atom stereocenters. The summed E-state index contributed by atoms with van der Waals surface area (Å²) in [5, 5.41) is 9.97. The van der Waals surface area contributed by atoms with Gasteiger partial charge in [-0.2, -0.15) is 5.26 Å². The topological polar surface area (TPSA) is 55.1 Å². The number of nitrogens with zero attached hydrogens (tertiary/aromatic N) is 2. The van der Waals surface area contributed by atoms with Crippen LogP contribution in [0.4, 0.5) is 0 Å². The highest BCUT2D eigenvalue weighted by molar-refractivity contribution is 5.78. The first-order chi connectivity index (χ1) is 13.8. The van der Waals surface area contributed by atoms with Gasteiger partial charge in [-0.1, -0.05) is 42.5 Å². The highest BCUT2D eigenvalue weighted by Crippen LogP contribution is 2.22. The fourth-order valence-electron chi connectivity index (χ4n) is 2.84. The molecular weight excluding hydrogens is 348 g/mol. The second-order valence-electron chi connectivity index (χ2n) is 6.36. The Morgan fingerprint density at radius 2 is 1.50 bits per heavy atom. The molecule has 1 aromatic heterocycles. The molecule has 4 aromatic rings. The van der Waals surface area contributed by atoms with E-state index in [4.69, 9.17) is 14.7 Å². The normalized spacial score (nSPS) is 10.4. The smallest absolute Gasteiger partial charge is 0.130 e. The fourth-order valence-corrected chi connectivity index (χ4v) is 2.84. The molecule has 4 nitrogen and oxygen atoms in total. The molecule has 0 N–H and O–H groups in total. The Bertz CT molecular complexity index is 1130. The van der Waals surface area contributed by atoms with Crippen LogP contribution in [0.1, 0.15) is 16.8 Å². The molecule has 0 fully saturated rings. The minimum atomic E-state index is 0.393. The van der Waals surface area contributed by atoms with Crippen LogP contribution in [0.25, 0.3) is 10.9 Å². The third-order valence-corrected chi connectivity index (χ3v) is 4.34. The van der Waals surface area contributed by atoms with Crippen LogP contribution in [0.15, 0.2) is 84.9 Å². The number of nitriles is 1. The van der Waals surface area contributed by atoms with Crippen molar-refractivity contribution in [3.8, 4) is 17.6 Å². The summed E-state index contributed by atoms with van der Waals surface area (Å²) in [5.41, 5.74) is 3.48. The molecule has 0 bridgehead atoms. The summed E-state index contributed by atoms with van der Waals surface area (Å²) in [6.07, 6.45) is 0. The molecule has 4 heteroatoms. The van der Waals surface area contributed by atoms with E-state index in [1.54, 1.807) is 12.1 Å². The number of aromatic nitrogens is 1. The van der Waals surface area contributed by atoms with E-state index in [1.807, 2.05) is 66.7 Å². The quantitative estimate of drug-likeness (QED) is 0.467. The number of hydrogen-bond acceptors (Lipinski definition) is 4. The van der Waals surface area contributed by atoms with E-state index < -0.39 is 0 Å². The predicted molar refractivity (Wildman–Crippen MR) is 108 cm³/mol. The van der Waals surface area contributed by atoms with Gasteiger partial charge in [0.05, 0.1) is 22.8 Å². The van der Waals surface area contributed by atoms with Gasteiger partial charge in [0.15, 0.2) is 0 Å². The van der Waals surface area contributed by atoms with E-state index in [1.165, 1.54) is 0 Å². The first kappa shape index (κ1) is 17.6. The van der Waals surface area contributed by atoms with Crippen molar-refractivity contribution in [1.29, 1.82) is 5.26 Å². The summed E-state index contributed by atoms with van der Waals surface area (Å²) < 4.78 is 11.7. The van der Waals surface area contributed by atoms with Crippen molar-refractivity contribution >= 4 is 10.9 Å². The summed E-state index contributed by atoms with van der Waals surface area (Å²) in [5.74, 6) is 1.46. The lowest BCUT2D eigenvalue weighted by Gasteiger charge is -2.10. The maximum Gasteiger partial charge on any atom is 0.130 e. The average Bonchev–Trinajstić information content (AvgIpc) is 2.77. The van der Waals surface area contributed by atoms with Gasteiger partial charge in [0.1, 0.15) is 24.7 Å². The van der Waals surface area contributed by atoms with Crippen LogP contribution in [-0.2, 0) is 13.2 Å². The van der Waals surface area contributed by atoms with Gasteiger partial charge in [-0.05, 0) is 42.0 Å². The number of pyridine rings is 1. The number of hydrogen-bond donors (Lipinski definition) is 0. The van der Waals surface area contributed by atoms with Crippen molar-refractivity contribution in [3.63, 3.8) is 0 Å². The van der Waals surface area contributed by atoms with Crippen LogP contribution >= 0.6 is 0 Å². The number of rotatable bonds is 6. The van der Waals surface area contributed by atoms with Gasteiger partial charge in [0.25, 0.3) is 0 Å². The van der Waals surface area contributed by atoms with Gasteiger partial charge in [-0.3, -0.25) is 0 Å². The lowest BCUT2D eigenvalue weighted by atomic mass is 10.2. The largest absolute Gasteiger partial charge is 0.489 e. The maximum absolute atomic E-state index is 8.85. The Hall–Kier alpha value is -3.84. The average molecular weight is 366 g/mol. The van der Waals surface area contributed by atoms with Gasteiger partial charge in [0.2, 0.25) is 0 Å². The molecule has 0 aliphatic heterocycles. The van der Waals surface area contributed by atoms with Gasteiger partial charge in [0, 0.05) is 11.5 Å². The summed E-state index contributed by atoms with van der Waals surface area (Å²) in [7, 11) is 0. The molecule has 0 aliphatic carbocycles. The zero-order chi connectivity index (χ0) is 19.2. The Morgan fingerprint density at radius 1 is 0.750 bits per heavy atom. The SMILES string of the molecule is N#Cc1ccc(COc2cccc(OCc3ccc4ccccc4n3)c2)cc1. The molecule has 0 saturated carbocycles. The lowest BCUT2D eigenvalue weighted by Crippen LogP contribution is -1.99. The molecule has 136 valence electrons. The van der Waals surface area contributed by atoms with Crippen molar-refractivity contribution in [3.05, 3.63) is 102 Å². The number of para-hydroxylation sites is 1. The third-order valence-electron chi connectivity index (χ3n) is 4.34. The number of benzene rings is 3. The van der Waals surface area contributed by atoms with Gasteiger partial charge in [-0.25, -0.2) is 4.98 Å². The van der Waals surface area contributed by atoms with E-state index >= 15 is 0 Å². The molecule has 0 radical (unpaired) electrons. The van der Waals surface area contributed by atoms with Crippen LogP contribution in [0.5, 0.6) is 11.5 Å². The third kappa shape index (κ3) is 4.28. The van der Waals surface area contributed by atoms with E-state index in [9.17, 15) is 0 Å². The zero-order valence-electron chi connectivity index (χ0n) is 15.2. The van der Waals surface area contributed by atoms with Crippen molar-refractivity contribution in [1.82, 2.24) is 4.98 Å². The predicted octanol–water partition coefficient (Wildman–Crippen LogP) is 5.26. The molecule has 0 aliphatic rings. The van der Waals surface area contributed by atoms with Gasteiger partial charge < -0.3 is 9.47 Å². The van der Waals surface area contributed by atoms with Crippen LogP contribution in [-0.4, -0.2) is 4.98 Å². The summed E-state index contributed by atoms with van der Waals surface area (Å²) in [6, 6.07) is 29.1. The first-order valence-corrected chi connectivity index (χ1v) is 8.99. The lowest BCUT2D eigenvalue weighted by molar-refractivity contribution is 0.288. The Balaban J connectivity index is 1.38. The summed E-state index contributed by atoms with van der Waals surface area (Å²) in [6.45, 7) is 0.825. The minimum Gasteiger partial charge on any atom is -0.489 e. The van der Waals surface area contributed by atoms with Crippen LogP contribution < -0.4 is 9.47 Å². The Labute approximate surface area is 163 Å². The van der Waals surface area contributed by atoms with Crippen molar-refractivity contribution < 1.29 is 9.47 Å². The Kier molecular flexibility index (Phi) is 5.17. The highest BCUT2D eigenvalue weighted by Gasteiger charge is 2.02. The van der Waals surface area contributed by atoms with Gasteiger partial charge >= 0.3 is 0 Å². The van der Waals surface area contributed by atoms with Crippen molar-refractivity contribution in [2.45, 2.75) is 13.2 Å². The van der Waals surface area contributed by atoms with Crippen molar-refractivity contribution in [2.75, 3.05) is 0 Å². The second-order valence-corrected chi connectivity index (χ2v) is 6.36. The first-order valence-electron chi connectivity index (χ1n) is 8.99. The van der Waals surface area contributed by atoms with E-state index in [0.29, 0.717) is 18.8 Å². The molecule has 4 rings (SSSR count). The molecule has 0 unspecified atom stereocenters. The number of fused-ring (bicyclic) bond motifs is 1. The van der Waals surface area contributed by atoms with E-state index in [2.05, 4.69) is 17.1 Å². The van der Waals surface area contributed by atoms with Crippen LogP contribution in [0.3, 0.4) is 0 Å². The monoisotopic (exact) mass is 366 g/mol. The second kappa shape index (κ2) is 8.24. The molecular formula is C24H18N2O2. The maximum atomic E-state index is 8.85. The standard InChI is InChI=1S/C24H18N2O2/c25-15-18-8-10-19(11-9-18)16-27-22-5-3-6-23(14-22)28-17-21-13-12-20-4-1-2-7-24(20)26-21/h1-14H,16-17H2. The Morgan fingerprint density at radius 3 is 2.29 bits per heavy atom. The molecule has 28 heavy (non-hydrogen) atoms. The molecule has 3 aromatic carbocycles. The van der Waals surface area contributed by atoms with E-state index in [0.717, 1.165) is 33.7 Å². The van der Waals surface area contributed by atoms with Crippen molar-refractivity contribution in [2.24, 2.45) is 0 Å². The fraction of sp³-hybridized carbons (Fsp3) is 0.0833. The molecule has 1 heterocycles. The summed E-state index contributed by atoms with van der Waals surface area (Å²) in [4.78, 5) is 4.62. The van der Waals surface area contributed by atoms with Gasteiger partial charge in [-0.15, -0.1) is 0 Å². The van der Waals surface area contributed by atoms with E-state index in [-0.39, 0.29) is 0 Å². The molecule has 0 saturated heterocycles. The molecule has 0 spiro atoms. The minimum absolute atomic E-state index is 0.393. The molecule has 0 amide bonds. The highest BCUT2D eigenvalue weighted by atomic mass is 16.5. The summed E-state index contributed by atoms with van der Waals surface area (Å²) >= 11 is 0. The zero-order valence-corrected chi connectivity index (χ0v) is 15.2. The van der Waals surface area contributed by atoms with Crippen LogP contribution in [0, 0.1) is 11.3 Å². The number of ether oxygens (including phenoxy) is 2.